The van der Waals surface area contributed by atoms with Gasteiger partial charge in [-0.15, -0.1) is 0 Å². The predicted molar refractivity (Wildman–Crippen MR) is 147 cm³/mol. The number of alkyl carbamates (subject to hydrolysis) is 1. The largest absolute Gasteiger partial charge is 0.508 e. The number of methoxy groups -OCH3 is 1. The number of rotatable bonds is 10. The summed E-state index contributed by atoms with van der Waals surface area (Å²) in [4.78, 5) is 38.6. The Kier molecular flexibility index (Phi) is 8.86. The van der Waals surface area contributed by atoms with Gasteiger partial charge in [-0.1, -0.05) is 74.5 Å². The summed E-state index contributed by atoms with van der Waals surface area (Å²) in [6, 6.07) is 20.5. The quantitative estimate of drug-likeness (QED) is 0.332. The first-order chi connectivity index (χ1) is 18.8. The molecule has 0 heterocycles. The van der Waals surface area contributed by atoms with E-state index in [0.29, 0.717) is 12.0 Å². The van der Waals surface area contributed by atoms with Gasteiger partial charge in [-0.3, -0.25) is 4.79 Å². The number of benzene rings is 3. The van der Waals surface area contributed by atoms with Crippen LogP contribution in [0.5, 0.6) is 5.75 Å². The van der Waals surface area contributed by atoms with Crippen LogP contribution in [0.1, 0.15) is 42.9 Å². The van der Waals surface area contributed by atoms with E-state index in [1.807, 2.05) is 50.2 Å². The summed E-state index contributed by atoms with van der Waals surface area (Å²) in [5, 5.41) is 15.0. The van der Waals surface area contributed by atoms with Crippen LogP contribution in [-0.4, -0.2) is 48.9 Å². The molecule has 2 amide bonds. The van der Waals surface area contributed by atoms with Crippen LogP contribution in [-0.2, 0) is 25.5 Å². The molecule has 204 valence electrons. The lowest BCUT2D eigenvalue weighted by Gasteiger charge is -2.23. The van der Waals surface area contributed by atoms with Gasteiger partial charge >= 0.3 is 12.1 Å². The molecule has 8 heteroatoms. The minimum absolute atomic E-state index is 0.0898. The van der Waals surface area contributed by atoms with Crippen LogP contribution in [0.15, 0.2) is 72.8 Å². The van der Waals surface area contributed by atoms with Crippen LogP contribution in [0.2, 0.25) is 0 Å². The summed E-state index contributed by atoms with van der Waals surface area (Å²) in [6.45, 7) is 3.97. The summed E-state index contributed by atoms with van der Waals surface area (Å²) in [5.74, 6) is -0.997. The maximum atomic E-state index is 13.3. The molecule has 0 saturated heterocycles. The van der Waals surface area contributed by atoms with Crippen molar-refractivity contribution in [2.24, 2.45) is 5.92 Å². The molecule has 0 saturated carbocycles. The minimum Gasteiger partial charge on any atom is -0.508 e. The molecule has 0 aliphatic heterocycles. The fraction of sp³-hybridized carbons (Fsp3) is 0.323. The number of fused-ring (bicyclic) bond motifs is 3. The maximum Gasteiger partial charge on any atom is 0.407 e. The number of hydrogen-bond donors (Lipinski definition) is 3. The van der Waals surface area contributed by atoms with E-state index >= 15 is 0 Å². The van der Waals surface area contributed by atoms with E-state index in [2.05, 4.69) is 22.8 Å². The minimum atomic E-state index is -1.02. The lowest BCUT2D eigenvalue weighted by atomic mass is 9.98. The van der Waals surface area contributed by atoms with Crippen molar-refractivity contribution in [2.45, 2.75) is 44.7 Å². The standard InChI is InChI=1S/C31H34N2O6/c1-19(2)16-28(30(36)38-3)32-29(35)27(17-20-12-14-21(34)15-13-20)33-31(37)39-18-26-24-10-6-4-8-22(24)23-9-5-7-11-25(23)26/h4-15,19,26-28,34H,16-18H2,1-3H3,(H,32,35)(H,33,37)/t27-,28-/m0/s1. The van der Waals surface area contributed by atoms with Crippen LogP contribution in [0.25, 0.3) is 11.1 Å². The zero-order chi connectivity index (χ0) is 27.9. The third kappa shape index (κ3) is 6.76. The number of esters is 1. The van der Waals surface area contributed by atoms with E-state index < -0.39 is 30.1 Å². The van der Waals surface area contributed by atoms with Gasteiger partial charge in [0.1, 0.15) is 24.4 Å². The third-order valence-electron chi connectivity index (χ3n) is 6.84. The van der Waals surface area contributed by atoms with Gasteiger partial charge in [0.2, 0.25) is 5.91 Å². The van der Waals surface area contributed by atoms with Crippen molar-refractivity contribution in [3.05, 3.63) is 89.5 Å². The highest BCUT2D eigenvalue weighted by Crippen LogP contribution is 2.44. The van der Waals surface area contributed by atoms with Crippen molar-refractivity contribution in [3.8, 4) is 16.9 Å². The van der Waals surface area contributed by atoms with Crippen LogP contribution < -0.4 is 10.6 Å². The Morgan fingerprint density at radius 1 is 0.846 bits per heavy atom. The number of hydrogen-bond acceptors (Lipinski definition) is 6. The summed E-state index contributed by atoms with van der Waals surface area (Å²) in [6.07, 6.45) is -0.226. The summed E-state index contributed by atoms with van der Waals surface area (Å²) in [7, 11) is 1.27. The van der Waals surface area contributed by atoms with Gasteiger partial charge in [0.05, 0.1) is 7.11 Å². The molecule has 0 bridgehead atoms. The maximum absolute atomic E-state index is 13.3. The SMILES string of the molecule is COC(=O)[C@H](CC(C)C)NC(=O)[C@H](Cc1ccc(O)cc1)NC(=O)OCC1c2ccccc2-c2ccccc21. The fourth-order valence-corrected chi connectivity index (χ4v) is 4.96. The van der Waals surface area contributed by atoms with E-state index in [1.54, 1.807) is 12.1 Å². The number of phenols is 1. The highest BCUT2D eigenvalue weighted by molar-refractivity contribution is 5.90. The molecule has 3 aromatic rings. The number of aromatic hydroxyl groups is 1. The Morgan fingerprint density at radius 2 is 1.44 bits per heavy atom. The van der Waals surface area contributed by atoms with E-state index in [4.69, 9.17) is 9.47 Å². The number of amides is 2. The van der Waals surface area contributed by atoms with Gasteiger partial charge in [0.15, 0.2) is 0 Å². The highest BCUT2D eigenvalue weighted by Gasteiger charge is 2.31. The Balaban J connectivity index is 1.48. The molecule has 1 aliphatic rings. The second kappa shape index (κ2) is 12.5. The second-order valence-corrected chi connectivity index (χ2v) is 10.1. The lowest BCUT2D eigenvalue weighted by molar-refractivity contribution is -0.145. The number of phenolic OH excluding ortho intramolecular Hbond substituents is 1. The van der Waals surface area contributed by atoms with E-state index in [-0.39, 0.29) is 30.6 Å². The smallest absolute Gasteiger partial charge is 0.407 e. The zero-order valence-electron chi connectivity index (χ0n) is 22.3. The molecule has 3 N–H and O–H groups in total. The van der Waals surface area contributed by atoms with Gasteiger partial charge in [-0.2, -0.15) is 0 Å². The van der Waals surface area contributed by atoms with Gasteiger partial charge in [0, 0.05) is 12.3 Å². The summed E-state index contributed by atoms with van der Waals surface area (Å²) in [5.41, 5.74) is 5.11. The van der Waals surface area contributed by atoms with E-state index in [1.165, 1.54) is 19.2 Å². The van der Waals surface area contributed by atoms with Crippen molar-refractivity contribution < 1.29 is 29.0 Å². The van der Waals surface area contributed by atoms with Crippen molar-refractivity contribution >= 4 is 18.0 Å². The molecule has 3 aromatic carbocycles. The lowest BCUT2D eigenvalue weighted by Crippen LogP contribution is -2.53. The Hall–Kier alpha value is -4.33. The number of ether oxygens (including phenoxy) is 2. The molecule has 0 aromatic heterocycles. The first kappa shape index (κ1) is 27.7. The summed E-state index contributed by atoms with van der Waals surface area (Å²) >= 11 is 0. The summed E-state index contributed by atoms with van der Waals surface area (Å²) < 4.78 is 10.5. The molecular weight excluding hydrogens is 496 g/mol. The molecule has 1 aliphatic carbocycles. The third-order valence-corrected chi connectivity index (χ3v) is 6.84. The average molecular weight is 531 g/mol. The molecular formula is C31H34N2O6. The number of nitrogens with one attached hydrogen (secondary N) is 2. The molecule has 4 rings (SSSR count). The average Bonchev–Trinajstić information content (AvgIpc) is 3.25. The molecule has 2 atom stereocenters. The molecule has 0 fully saturated rings. The van der Waals surface area contributed by atoms with Gasteiger partial charge in [-0.05, 0) is 52.3 Å². The van der Waals surface area contributed by atoms with Gasteiger partial charge in [0.25, 0.3) is 0 Å². The molecule has 0 radical (unpaired) electrons. The highest BCUT2D eigenvalue weighted by atomic mass is 16.5. The number of carbonyl (C=O) groups is 3. The fourth-order valence-electron chi connectivity index (χ4n) is 4.96. The van der Waals surface area contributed by atoms with Crippen LogP contribution in [0, 0.1) is 5.92 Å². The zero-order valence-corrected chi connectivity index (χ0v) is 22.3. The van der Waals surface area contributed by atoms with Crippen molar-refractivity contribution in [2.75, 3.05) is 13.7 Å². The van der Waals surface area contributed by atoms with E-state index in [9.17, 15) is 19.5 Å². The van der Waals surface area contributed by atoms with Crippen molar-refractivity contribution in [3.63, 3.8) is 0 Å². The Labute approximate surface area is 228 Å². The molecule has 0 spiro atoms. The first-order valence-corrected chi connectivity index (χ1v) is 13.0. The van der Waals surface area contributed by atoms with Gasteiger partial charge < -0.3 is 25.2 Å². The van der Waals surface area contributed by atoms with Crippen molar-refractivity contribution in [1.82, 2.24) is 10.6 Å². The first-order valence-electron chi connectivity index (χ1n) is 13.0. The topological polar surface area (TPSA) is 114 Å². The van der Waals surface area contributed by atoms with E-state index in [0.717, 1.165) is 22.3 Å². The monoisotopic (exact) mass is 530 g/mol. The number of carbonyl (C=O) groups excluding carboxylic acids is 3. The van der Waals surface area contributed by atoms with Crippen LogP contribution >= 0.6 is 0 Å². The van der Waals surface area contributed by atoms with Crippen molar-refractivity contribution in [1.29, 1.82) is 0 Å². The normalized spacial score (nSPS) is 13.6. The molecule has 39 heavy (non-hydrogen) atoms. The molecule has 8 nitrogen and oxygen atoms in total. The Bertz CT molecular complexity index is 1280. The van der Waals surface area contributed by atoms with Crippen LogP contribution in [0.4, 0.5) is 4.79 Å². The molecule has 0 unspecified atom stereocenters. The second-order valence-electron chi connectivity index (χ2n) is 10.1. The van der Waals surface area contributed by atoms with Crippen LogP contribution in [0.3, 0.4) is 0 Å². The Morgan fingerprint density at radius 3 is 2.00 bits per heavy atom. The van der Waals surface area contributed by atoms with Gasteiger partial charge in [-0.25, -0.2) is 9.59 Å². The predicted octanol–water partition coefficient (Wildman–Crippen LogP) is 4.55.